The summed E-state index contributed by atoms with van der Waals surface area (Å²) in [5.74, 6) is 1.19. The van der Waals surface area contributed by atoms with E-state index in [2.05, 4.69) is 15.4 Å². The van der Waals surface area contributed by atoms with Crippen LogP contribution in [0, 0.1) is 12.7 Å². The topological polar surface area (TPSA) is 78.3 Å². The molecule has 7 nitrogen and oxygen atoms in total. The fourth-order valence-corrected chi connectivity index (χ4v) is 4.01. The van der Waals surface area contributed by atoms with Crippen molar-refractivity contribution in [2.45, 2.75) is 13.3 Å². The lowest BCUT2D eigenvalue weighted by atomic mass is 10.1. The molecule has 0 aliphatic heterocycles. The number of aryl methyl sites for hydroxylation is 1. The maximum absolute atomic E-state index is 13.2. The molecule has 0 saturated carbocycles. The van der Waals surface area contributed by atoms with Gasteiger partial charge in [-0.3, -0.25) is 4.79 Å². The second-order valence-corrected chi connectivity index (χ2v) is 7.86. The van der Waals surface area contributed by atoms with Crippen LogP contribution in [-0.4, -0.2) is 34.9 Å². The van der Waals surface area contributed by atoms with Gasteiger partial charge < -0.3 is 14.8 Å². The normalized spacial score (nSPS) is 10.8. The van der Waals surface area contributed by atoms with E-state index in [9.17, 15) is 9.18 Å². The van der Waals surface area contributed by atoms with E-state index in [-0.39, 0.29) is 18.1 Å². The van der Waals surface area contributed by atoms with Crippen molar-refractivity contribution < 1.29 is 18.7 Å². The van der Waals surface area contributed by atoms with Gasteiger partial charge in [-0.1, -0.05) is 6.07 Å². The predicted molar refractivity (Wildman–Crippen MR) is 121 cm³/mol. The Morgan fingerprint density at radius 2 is 1.84 bits per heavy atom. The molecule has 0 spiro atoms. The van der Waals surface area contributed by atoms with Crippen molar-refractivity contribution in [1.82, 2.24) is 14.8 Å². The van der Waals surface area contributed by atoms with Gasteiger partial charge in [-0.15, -0.1) is 11.3 Å². The van der Waals surface area contributed by atoms with Crippen molar-refractivity contribution in [2.75, 3.05) is 19.5 Å². The first-order chi connectivity index (χ1) is 15.5. The van der Waals surface area contributed by atoms with Gasteiger partial charge in [-0.05, 0) is 48.9 Å². The fraction of sp³-hybridized carbons (Fsp3) is 0.174. The van der Waals surface area contributed by atoms with Gasteiger partial charge >= 0.3 is 0 Å². The number of hydrogen-bond donors (Lipinski definition) is 1. The molecule has 0 radical (unpaired) electrons. The summed E-state index contributed by atoms with van der Waals surface area (Å²) in [5.41, 5.74) is 3.04. The Hall–Kier alpha value is -3.72. The van der Waals surface area contributed by atoms with Crippen LogP contribution in [0.4, 0.5) is 10.2 Å². The highest BCUT2D eigenvalue weighted by molar-refractivity contribution is 7.12. The third-order valence-electron chi connectivity index (χ3n) is 4.72. The van der Waals surface area contributed by atoms with E-state index < -0.39 is 0 Å². The molecule has 4 rings (SSSR count). The number of anilines is 1. The average Bonchev–Trinajstić information content (AvgIpc) is 3.40. The maximum Gasteiger partial charge on any atom is 0.229 e. The zero-order valence-electron chi connectivity index (χ0n) is 17.8. The average molecular weight is 453 g/mol. The van der Waals surface area contributed by atoms with Gasteiger partial charge in [0.15, 0.2) is 11.5 Å². The predicted octanol–water partition coefficient (Wildman–Crippen LogP) is 4.64. The number of ether oxygens (including phenoxy) is 2. The SMILES string of the molecule is COc1ccc(CC(=O)Nc2cc(C)nn2-c2nc(-c3ccc(F)cc3)cs2)cc1OC. The summed E-state index contributed by atoms with van der Waals surface area (Å²) in [6, 6.07) is 13.3. The van der Waals surface area contributed by atoms with Gasteiger partial charge in [0.05, 0.1) is 32.0 Å². The summed E-state index contributed by atoms with van der Waals surface area (Å²) in [6.07, 6.45) is 0.156. The molecule has 2 heterocycles. The number of thiazole rings is 1. The molecular weight excluding hydrogens is 431 g/mol. The van der Waals surface area contributed by atoms with E-state index in [0.717, 1.165) is 16.8 Å². The molecule has 9 heteroatoms. The molecule has 1 N–H and O–H groups in total. The van der Waals surface area contributed by atoms with E-state index in [1.165, 1.54) is 23.5 Å². The van der Waals surface area contributed by atoms with Gasteiger partial charge in [0.25, 0.3) is 0 Å². The van der Waals surface area contributed by atoms with Crippen molar-refractivity contribution >= 4 is 23.1 Å². The summed E-state index contributed by atoms with van der Waals surface area (Å²) in [4.78, 5) is 17.3. The number of benzene rings is 2. The summed E-state index contributed by atoms with van der Waals surface area (Å²) in [7, 11) is 3.12. The lowest BCUT2D eigenvalue weighted by Gasteiger charge is -2.10. The van der Waals surface area contributed by atoms with Gasteiger partial charge in [0.1, 0.15) is 11.6 Å². The maximum atomic E-state index is 13.2. The molecule has 0 unspecified atom stereocenters. The zero-order valence-corrected chi connectivity index (χ0v) is 18.6. The van der Waals surface area contributed by atoms with Crippen molar-refractivity contribution in [3.63, 3.8) is 0 Å². The highest BCUT2D eigenvalue weighted by Gasteiger charge is 2.15. The minimum absolute atomic E-state index is 0.156. The molecule has 1 amide bonds. The second kappa shape index (κ2) is 9.19. The Bertz CT molecular complexity index is 1250. The second-order valence-electron chi connectivity index (χ2n) is 7.02. The molecule has 0 saturated heterocycles. The van der Waals surface area contributed by atoms with Crippen LogP contribution in [0.1, 0.15) is 11.3 Å². The number of hydrogen-bond acceptors (Lipinski definition) is 6. The highest BCUT2D eigenvalue weighted by Crippen LogP contribution is 2.29. The number of carbonyl (C=O) groups excluding carboxylic acids is 1. The number of amides is 1. The van der Waals surface area contributed by atoms with Crippen LogP contribution < -0.4 is 14.8 Å². The fourth-order valence-electron chi connectivity index (χ4n) is 3.21. The molecule has 0 atom stereocenters. The number of rotatable bonds is 7. The van der Waals surface area contributed by atoms with Gasteiger partial charge in [-0.25, -0.2) is 9.37 Å². The molecular formula is C23H21FN4O3S. The Kier molecular flexibility index (Phi) is 6.18. The number of nitrogens with one attached hydrogen (secondary N) is 1. The third-order valence-corrected chi connectivity index (χ3v) is 5.54. The van der Waals surface area contributed by atoms with Crippen LogP contribution in [0.15, 0.2) is 53.9 Å². The summed E-state index contributed by atoms with van der Waals surface area (Å²) in [6.45, 7) is 1.84. The molecule has 0 aliphatic carbocycles. The summed E-state index contributed by atoms with van der Waals surface area (Å²) in [5, 5.41) is 9.84. The van der Waals surface area contributed by atoms with Crippen molar-refractivity contribution in [3.8, 4) is 27.9 Å². The highest BCUT2D eigenvalue weighted by atomic mass is 32.1. The largest absolute Gasteiger partial charge is 0.493 e. The van der Waals surface area contributed by atoms with E-state index >= 15 is 0 Å². The van der Waals surface area contributed by atoms with Crippen molar-refractivity contribution in [2.24, 2.45) is 0 Å². The van der Waals surface area contributed by atoms with E-state index in [1.54, 1.807) is 49.2 Å². The summed E-state index contributed by atoms with van der Waals surface area (Å²) >= 11 is 1.38. The van der Waals surface area contributed by atoms with E-state index in [0.29, 0.717) is 28.1 Å². The molecule has 0 bridgehead atoms. The standard InChI is InChI=1S/C23H21FN4O3S/c1-14-10-21(26-22(29)12-15-4-9-19(30-2)20(11-15)31-3)28(27-14)23-25-18(13-32-23)16-5-7-17(24)8-6-16/h4-11,13H,12H2,1-3H3,(H,26,29). The van der Waals surface area contributed by atoms with Crippen LogP contribution in [0.2, 0.25) is 0 Å². The number of carbonyl (C=O) groups is 1. The van der Waals surface area contributed by atoms with Crippen LogP contribution in [0.3, 0.4) is 0 Å². The zero-order chi connectivity index (χ0) is 22.7. The number of nitrogens with zero attached hydrogens (tertiary/aromatic N) is 3. The molecule has 2 aromatic heterocycles. The minimum atomic E-state index is -0.300. The molecule has 0 fully saturated rings. The summed E-state index contributed by atoms with van der Waals surface area (Å²) < 4.78 is 25.3. The molecule has 2 aromatic carbocycles. The lowest BCUT2D eigenvalue weighted by Crippen LogP contribution is -2.17. The Morgan fingerprint density at radius 1 is 1.09 bits per heavy atom. The van der Waals surface area contributed by atoms with Crippen molar-refractivity contribution in [1.29, 1.82) is 0 Å². The first-order valence-electron chi connectivity index (χ1n) is 9.76. The Morgan fingerprint density at radius 3 is 2.56 bits per heavy atom. The van der Waals surface area contributed by atoms with Crippen LogP contribution in [-0.2, 0) is 11.2 Å². The lowest BCUT2D eigenvalue weighted by molar-refractivity contribution is -0.115. The first-order valence-corrected chi connectivity index (χ1v) is 10.6. The van der Waals surface area contributed by atoms with Gasteiger partial charge in [-0.2, -0.15) is 9.78 Å². The van der Waals surface area contributed by atoms with Crippen LogP contribution in [0.5, 0.6) is 11.5 Å². The number of halogens is 1. The Balaban J connectivity index is 1.53. The van der Waals surface area contributed by atoms with Crippen molar-refractivity contribution in [3.05, 3.63) is 71.0 Å². The molecule has 164 valence electrons. The molecule has 4 aromatic rings. The smallest absolute Gasteiger partial charge is 0.229 e. The van der Waals surface area contributed by atoms with Crippen LogP contribution in [0.25, 0.3) is 16.4 Å². The first kappa shape index (κ1) is 21.5. The third kappa shape index (κ3) is 4.62. The quantitative estimate of drug-likeness (QED) is 0.442. The molecule has 32 heavy (non-hydrogen) atoms. The Labute approximate surface area is 188 Å². The van der Waals surface area contributed by atoms with Gasteiger partial charge in [0, 0.05) is 17.0 Å². The van der Waals surface area contributed by atoms with E-state index in [1.807, 2.05) is 18.4 Å². The monoisotopic (exact) mass is 452 g/mol. The van der Waals surface area contributed by atoms with Crippen LogP contribution >= 0.6 is 11.3 Å². The van der Waals surface area contributed by atoms with E-state index in [4.69, 9.17) is 9.47 Å². The van der Waals surface area contributed by atoms with Gasteiger partial charge in [0.2, 0.25) is 11.0 Å². The number of methoxy groups -OCH3 is 2. The minimum Gasteiger partial charge on any atom is -0.493 e. The number of aromatic nitrogens is 3. The molecule has 0 aliphatic rings.